The number of halogens is 3. The third-order valence-electron chi connectivity index (χ3n) is 20.6. The van der Waals surface area contributed by atoms with Crippen LogP contribution in [0, 0.1) is 0 Å². The van der Waals surface area contributed by atoms with Gasteiger partial charge in [-0.3, -0.25) is 9.97 Å². The number of pyridine rings is 2. The van der Waals surface area contributed by atoms with Gasteiger partial charge in [-0.1, -0.05) is 266 Å². The molecule has 0 aliphatic heterocycles. The highest BCUT2D eigenvalue weighted by Gasteiger charge is 2.20. The number of nitrogens with zero attached hydrogens (tertiary/aromatic N) is 10. The maximum absolute atomic E-state index is 4.98. The van der Waals surface area contributed by atoms with Crippen molar-refractivity contribution in [1.82, 2.24) is 48.6 Å². The maximum atomic E-state index is 4.98. The molecule has 0 saturated heterocycles. The second kappa shape index (κ2) is 31.2. The van der Waals surface area contributed by atoms with Gasteiger partial charge in [-0.2, -0.15) is 0 Å². The van der Waals surface area contributed by atoms with E-state index in [9.17, 15) is 0 Å². The Morgan fingerprint density at radius 2 is 0.456 bits per heavy atom. The lowest BCUT2D eigenvalue weighted by Crippen LogP contribution is -2.00. The first-order valence-electron chi connectivity index (χ1n) is 37.5. The van der Waals surface area contributed by atoms with Gasteiger partial charge >= 0.3 is 0 Å². The van der Waals surface area contributed by atoms with Crippen molar-refractivity contribution < 1.29 is 0 Å². The molecule has 114 heavy (non-hydrogen) atoms. The Balaban J connectivity index is 0.000000115. The predicted molar refractivity (Wildman–Crippen MR) is 479 cm³/mol. The second-order valence-electron chi connectivity index (χ2n) is 27.6. The van der Waals surface area contributed by atoms with E-state index in [0.29, 0.717) is 23.3 Å². The molecule has 14 aromatic carbocycles. The van der Waals surface area contributed by atoms with E-state index in [1.54, 1.807) is 0 Å². The van der Waals surface area contributed by atoms with Crippen LogP contribution in [0.3, 0.4) is 0 Å². The van der Waals surface area contributed by atoms with Gasteiger partial charge in [0.2, 0.25) is 0 Å². The van der Waals surface area contributed by atoms with Gasteiger partial charge in [0.25, 0.3) is 0 Å². The highest BCUT2D eigenvalue weighted by Crippen LogP contribution is 2.40. The van der Waals surface area contributed by atoms with E-state index in [1.807, 2.05) is 146 Å². The Hall–Kier alpha value is -13.7. The normalized spacial score (nSPS) is 11.3. The summed E-state index contributed by atoms with van der Waals surface area (Å²) in [4.78, 5) is 33.7. The van der Waals surface area contributed by atoms with Gasteiger partial charge in [0.15, 0.2) is 23.3 Å². The van der Waals surface area contributed by atoms with Gasteiger partial charge in [-0.25, -0.2) is 24.9 Å². The van der Waals surface area contributed by atoms with E-state index in [1.165, 1.54) is 59.9 Å². The standard InChI is InChI=1S/2C34H22BrN3.C33H21BrN4/c35-26-17-20-29-28-13-7-8-14-32(28)38(33(29)21-26)27-18-15-25(16-19-27)34-36-30(23-9-3-1-4-10-23)22-31(37-34)24-11-5-2-6-12-24;35-27-13-16-30-29-7-1-2-10-33(29)38(34(30)22-27)28-14-11-23(12-15-28)24-19-25(31-8-3-5-17-36-31)21-26(20-24)32-9-4-6-18-37-32;34-25-17-20-28-27-13-7-8-14-29(27)38(30(28)21-25)26-18-15-24(16-19-26)33-36-31(22-9-3-1-4-10-22)35-32(37-33)23-11-5-2-6-12-23/h2*1-22H;1-21H. The molecule has 0 aliphatic rings. The Bertz CT molecular complexity index is 6230. The van der Waals surface area contributed by atoms with Crippen LogP contribution in [0.2, 0.25) is 0 Å². The van der Waals surface area contributed by atoms with Crippen LogP contribution >= 0.6 is 47.8 Å². The molecule has 0 amide bonds. The summed E-state index contributed by atoms with van der Waals surface area (Å²) in [7, 11) is 0. The first-order chi connectivity index (χ1) is 56.2. The fourth-order valence-corrected chi connectivity index (χ4v) is 16.2. The smallest absolute Gasteiger partial charge is 0.164 e. The Morgan fingerprint density at radius 3 is 0.798 bits per heavy atom. The van der Waals surface area contributed by atoms with E-state index in [2.05, 4.69) is 320 Å². The first kappa shape index (κ1) is 70.7. The van der Waals surface area contributed by atoms with Crippen LogP contribution in [-0.2, 0) is 0 Å². The number of fused-ring (bicyclic) bond motifs is 9. The minimum Gasteiger partial charge on any atom is -0.309 e. The minimum absolute atomic E-state index is 0.647. The number of hydrogen-bond acceptors (Lipinski definition) is 7. The van der Waals surface area contributed by atoms with E-state index in [4.69, 9.17) is 24.9 Å². The molecule has 13 heteroatoms. The summed E-state index contributed by atoms with van der Waals surface area (Å²) >= 11 is 11.0. The lowest BCUT2D eigenvalue weighted by molar-refractivity contribution is 1.07. The van der Waals surface area contributed by atoms with Gasteiger partial charge in [-0.05, 0) is 175 Å². The molecule has 0 bridgehead atoms. The SMILES string of the molecule is Brc1ccc2c3ccccc3n(-c3ccc(-c4cc(-c5ccccn5)cc(-c5ccccn5)c4)cc3)c2c1.Brc1ccc2c3ccccc3n(-c3ccc(-c4nc(-c5ccccc5)cc(-c5ccccc5)n4)cc3)c2c1.Brc1ccc2c3ccccc3n(-c3ccc(-c4nc(-c5ccccc5)nc(-c5ccccc5)n4)cc3)c2c1. The molecule has 7 aromatic heterocycles. The summed E-state index contributed by atoms with van der Waals surface area (Å²) in [6, 6.07) is 132. The van der Waals surface area contributed by atoms with E-state index in [-0.39, 0.29) is 0 Å². The summed E-state index contributed by atoms with van der Waals surface area (Å²) in [6.07, 6.45) is 3.67. The molecule has 0 fully saturated rings. The number of para-hydroxylation sites is 3. The minimum atomic E-state index is 0.647. The molecule has 540 valence electrons. The quantitative estimate of drug-likeness (QED) is 0.120. The lowest BCUT2D eigenvalue weighted by atomic mass is 9.96. The van der Waals surface area contributed by atoms with E-state index in [0.717, 1.165) is 114 Å². The molecule has 21 rings (SSSR count). The molecule has 0 N–H and O–H groups in total. The van der Waals surface area contributed by atoms with Crippen molar-refractivity contribution in [2.45, 2.75) is 0 Å². The first-order valence-corrected chi connectivity index (χ1v) is 39.8. The third-order valence-corrected chi connectivity index (χ3v) is 22.0. The molecule has 0 aliphatic carbocycles. The molecule has 21 aromatic rings. The predicted octanol–water partition coefficient (Wildman–Crippen LogP) is 27.4. The average Bonchev–Trinajstić information content (AvgIpc) is 1.60. The number of benzene rings is 14. The van der Waals surface area contributed by atoms with Crippen LogP contribution in [0.25, 0.3) is 184 Å². The van der Waals surface area contributed by atoms with Gasteiger partial charge in [-0.15, -0.1) is 0 Å². The fourth-order valence-electron chi connectivity index (χ4n) is 15.2. The molecule has 0 spiro atoms. The van der Waals surface area contributed by atoms with E-state index >= 15 is 0 Å². The van der Waals surface area contributed by atoms with Crippen molar-refractivity contribution in [2.24, 2.45) is 0 Å². The van der Waals surface area contributed by atoms with Crippen molar-refractivity contribution in [2.75, 3.05) is 0 Å². The molecule has 10 nitrogen and oxygen atoms in total. The molecule has 0 unspecified atom stereocenters. The van der Waals surface area contributed by atoms with Crippen LogP contribution in [0.1, 0.15) is 0 Å². The molecular weight excluding hydrogens is 1590 g/mol. The van der Waals surface area contributed by atoms with Crippen LogP contribution in [-0.4, -0.2) is 48.6 Å². The fraction of sp³-hybridized carbons (Fsp3) is 0. The highest BCUT2D eigenvalue weighted by molar-refractivity contribution is 9.11. The summed E-state index contributed by atoms with van der Waals surface area (Å²) < 4.78 is 10.1. The zero-order chi connectivity index (χ0) is 76.4. The Kier molecular flexibility index (Phi) is 19.4. The lowest BCUT2D eigenvalue weighted by Gasteiger charge is -2.12. The van der Waals surface area contributed by atoms with Crippen LogP contribution < -0.4 is 0 Å². The van der Waals surface area contributed by atoms with E-state index < -0.39 is 0 Å². The van der Waals surface area contributed by atoms with Gasteiger partial charge < -0.3 is 13.7 Å². The third kappa shape index (κ3) is 14.2. The van der Waals surface area contributed by atoms with Crippen molar-refractivity contribution in [3.05, 3.63) is 408 Å². The number of hydrogen-bond donors (Lipinski definition) is 0. The molecule has 0 atom stereocenters. The van der Waals surface area contributed by atoms with Gasteiger partial charge in [0, 0.05) is 120 Å². The summed E-state index contributed by atoms with van der Waals surface area (Å²) in [6.45, 7) is 0. The topological polar surface area (TPSA) is 105 Å². The van der Waals surface area contributed by atoms with Crippen molar-refractivity contribution in [3.63, 3.8) is 0 Å². The van der Waals surface area contributed by atoms with Crippen LogP contribution in [0.5, 0.6) is 0 Å². The summed E-state index contributed by atoms with van der Waals surface area (Å²) in [5.41, 5.74) is 24.5. The maximum Gasteiger partial charge on any atom is 0.164 e. The Labute approximate surface area is 683 Å². The molecule has 0 saturated carbocycles. The van der Waals surface area contributed by atoms with Crippen molar-refractivity contribution >= 4 is 113 Å². The zero-order valence-electron chi connectivity index (χ0n) is 61.1. The summed E-state index contributed by atoms with van der Waals surface area (Å²) in [5.74, 6) is 2.67. The summed E-state index contributed by atoms with van der Waals surface area (Å²) in [5, 5.41) is 7.43. The van der Waals surface area contributed by atoms with Gasteiger partial charge in [0.1, 0.15) is 0 Å². The second-order valence-corrected chi connectivity index (χ2v) is 30.4. The number of aromatic nitrogens is 10. The molecular formula is C101H65Br3N10. The van der Waals surface area contributed by atoms with Crippen LogP contribution in [0.4, 0.5) is 0 Å². The van der Waals surface area contributed by atoms with Crippen molar-refractivity contribution in [3.8, 4) is 119 Å². The van der Waals surface area contributed by atoms with Crippen molar-refractivity contribution in [1.29, 1.82) is 0 Å². The molecule has 7 heterocycles. The monoisotopic (exact) mass is 1650 g/mol. The Morgan fingerprint density at radius 1 is 0.175 bits per heavy atom. The largest absolute Gasteiger partial charge is 0.309 e. The number of rotatable bonds is 12. The van der Waals surface area contributed by atoms with Crippen LogP contribution in [0.15, 0.2) is 408 Å². The zero-order valence-corrected chi connectivity index (χ0v) is 65.9. The molecule has 0 radical (unpaired) electrons. The van der Waals surface area contributed by atoms with Gasteiger partial charge in [0.05, 0.1) is 55.9 Å². The average molecular weight is 1660 g/mol. The highest BCUT2D eigenvalue weighted by atomic mass is 79.9.